The molecule has 0 radical (unpaired) electrons. The molecule has 1 aliphatic carbocycles. The maximum absolute atomic E-state index is 6.80. The minimum atomic E-state index is -1.80. The van der Waals surface area contributed by atoms with Crippen molar-refractivity contribution < 1.29 is 8.85 Å². The predicted molar refractivity (Wildman–Crippen MR) is 152 cm³/mol. The van der Waals surface area contributed by atoms with E-state index in [2.05, 4.69) is 106 Å². The molecule has 1 unspecified atom stereocenters. The summed E-state index contributed by atoms with van der Waals surface area (Å²) in [6.07, 6.45) is 6.85. The van der Waals surface area contributed by atoms with E-state index in [1.54, 1.807) is 0 Å². The van der Waals surface area contributed by atoms with E-state index in [-0.39, 0.29) is 16.2 Å². The molecule has 0 saturated carbocycles. The van der Waals surface area contributed by atoms with Crippen molar-refractivity contribution in [2.75, 3.05) is 6.61 Å². The van der Waals surface area contributed by atoms with Crippen molar-refractivity contribution in [3.05, 3.63) is 35.1 Å². The third kappa shape index (κ3) is 8.86. The lowest BCUT2D eigenvalue weighted by atomic mass is 9.87. The van der Waals surface area contributed by atoms with Crippen LogP contribution in [-0.4, -0.2) is 37.4 Å². The lowest BCUT2D eigenvalue weighted by molar-refractivity contribution is 0.211. The second kappa shape index (κ2) is 10.6. The van der Waals surface area contributed by atoms with Gasteiger partial charge in [-0.3, -0.25) is 0 Å². The van der Waals surface area contributed by atoms with Crippen LogP contribution in [0.5, 0.6) is 0 Å². The molecule has 0 fully saturated rings. The molecule has 32 heavy (non-hydrogen) atoms. The fourth-order valence-electron chi connectivity index (χ4n) is 3.44. The Morgan fingerprint density at radius 3 is 1.97 bits per heavy atom. The molecule has 2 nitrogen and oxygen atoms in total. The molecule has 1 atom stereocenters. The van der Waals surface area contributed by atoms with Gasteiger partial charge < -0.3 is 8.85 Å². The van der Waals surface area contributed by atoms with E-state index in [1.165, 1.54) is 16.7 Å². The summed E-state index contributed by atoms with van der Waals surface area (Å²) in [5.74, 6) is 0. The standard InChI is InChI=1S/C27H54O2Si3/c1-22(16-15-19-28-31(11,12)26(2,3)4)25-20-24(29-32(13,14)27(5,6)7)18-17-23(25)21-30(8,9)10/h20-21,24H,1,15-19H2,2-14H3/b23-21+. The van der Waals surface area contributed by atoms with E-state index in [9.17, 15) is 0 Å². The molecular weight excluding hydrogens is 441 g/mol. The molecule has 1 rings (SSSR count). The SMILES string of the molecule is C=C(CCCO[Si](C)(C)C(C)(C)C)C1=CC(O[Si](C)(C)C(C)(C)C)CC/C1=C\[Si](C)(C)C. The van der Waals surface area contributed by atoms with Gasteiger partial charge in [-0.2, -0.15) is 0 Å². The average Bonchev–Trinajstić information content (AvgIpc) is 2.56. The lowest BCUT2D eigenvalue weighted by Crippen LogP contribution is -2.44. The molecule has 5 heteroatoms. The van der Waals surface area contributed by atoms with Gasteiger partial charge in [0.2, 0.25) is 0 Å². The van der Waals surface area contributed by atoms with E-state index in [1.807, 2.05) is 0 Å². The zero-order valence-electron chi connectivity index (χ0n) is 23.8. The Kier molecular flexibility index (Phi) is 9.87. The van der Waals surface area contributed by atoms with Gasteiger partial charge in [0.25, 0.3) is 0 Å². The Balaban J connectivity index is 2.98. The zero-order valence-corrected chi connectivity index (χ0v) is 26.8. The summed E-state index contributed by atoms with van der Waals surface area (Å²) in [7, 11) is -4.79. The summed E-state index contributed by atoms with van der Waals surface area (Å²) in [4.78, 5) is 0. The van der Waals surface area contributed by atoms with Gasteiger partial charge in [0.15, 0.2) is 16.6 Å². The molecule has 0 aromatic carbocycles. The van der Waals surface area contributed by atoms with Crippen LogP contribution in [0, 0.1) is 0 Å². The van der Waals surface area contributed by atoms with Crippen LogP contribution in [0.4, 0.5) is 0 Å². The van der Waals surface area contributed by atoms with Gasteiger partial charge in [0, 0.05) is 6.61 Å². The van der Waals surface area contributed by atoms with Crippen molar-refractivity contribution in [1.29, 1.82) is 0 Å². The molecule has 0 amide bonds. The molecule has 0 aromatic rings. The Bertz CT molecular complexity index is 711. The van der Waals surface area contributed by atoms with Gasteiger partial charge >= 0.3 is 0 Å². The summed E-state index contributed by atoms with van der Waals surface area (Å²) in [6.45, 7) is 35.9. The molecule has 0 saturated heterocycles. The van der Waals surface area contributed by atoms with E-state index >= 15 is 0 Å². The van der Waals surface area contributed by atoms with Crippen LogP contribution in [0.15, 0.2) is 35.1 Å². The van der Waals surface area contributed by atoms with Gasteiger partial charge in [-0.15, -0.1) is 0 Å². The highest BCUT2D eigenvalue weighted by Crippen LogP contribution is 2.41. The predicted octanol–water partition coefficient (Wildman–Crippen LogP) is 9.26. The van der Waals surface area contributed by atoms with Gasteiger partial charge in [0.05, 0.1) is 14.2 Å². The van der Waals surface area contributed by atoms with E-state index in [0.29, 0.717) is 0 Å². The smallest absolute Gasteiger partial charge is 0.192 e. The third-order valence-electron chi connectivity index (χ3n) is 7.53. The summed E-state index contributed by atoms with van der Waals surface area (Å²) >= 11 is 0. The van der Waals surface area contributed by atoms with Crippen LogP contribution >= 0.6 is 0 Å². The van der Waals surface area contributed by atoms with Gasteiger partial charge in [-0.25, -0.2) is 0 Å². The first-order valence-corrected chi connectivity index (χ1v) is 22.0. The molecule has 0 heterocycles. The Morgan fingerprint density at radius 1 is 0.969 bits per heavy atom. The average molecular weight is 495 g/mol. The highest BCUT2D eigenvalue weighted by atomic mass is 28.4. The number of allylic oxidation sites excluding steroid dienone is 3. The van der Waals surface area contributed by atoms with Crippen LogP contribution in [0.2, 0.25) is 55.9 Å². The molecule has 0 N–H and O–H groups in total. The Morgan fingerprint density at radius 2 is 1.50 bits per heavy atom. The largest absolute Gasteiger partial charge is 0.417 e. The molecule has 0 aliphatic heterocycles. The first-order valence-electron chi connectivity index (χ1n) is 12.6. The molecule has 0 aromatic heterocycles. The summed E-state index contributed by atoms with van der Waals surface area (Å²) in [6, 6.07) is 0. The normalized spacial score (nSPS) is 20.5. The van der Waals surface area contributed by atoms with Crippen LogP contribution in [-0.2, 0) is 8.85 Å². The van der Waals surface area contributed by atoms with Crippen molar-refractivity contribution in [2.24, 2.45) is 0 Å². The highest BCUT2D eigenvalue weighted by Gasteiger charge is 2.40. The topological polar surface area (TPSA) is 18.5 Å². The molecule has 0 spiro atoms. The lowest BCUT2D eigenvalue weighted by Gasteiger charge is -2.40. The van der Waals surface area contributed by atoms with Crippen molar-refractivity contribution in [2.45, 2.75) is 129 Å². The highest BCUT2D eigenvalue weighted by molar-refractivity contribution is 6.81. The van der Waals surface area contributed by atoms with Crippen molar-refractivity contribution >= 4 is 24.7 Å². The fraction of sp³-hybridized carbons (Fsp3) is 0.778. The Labute approximate surface area is 204 Å². The first kappa shape index (κ1) is 29.8. The summed E-state index contributed by atoms with van der Waals surface area (Å²) < 4.78 is 13.2. The minimum absolute atomic E-state index is 0.213. The Hall–Kier alpha value is -0.209. The molecule has 186 valence electrons. The second-order valence-corrected chi connectivity index (χ2v) is 28.5. The van der Waals surface area contributed by atoms with Crippen molar-refractivity contribution in [3.63, 3.8) is 0 Å². The number of rotatable bonds is 9. The van der Waals surface area contributed by atoms with Crippen LogP contribution in [0.25, 0.3) is 0 Å². The summed E-state index contributed by atoms with van der Waals surface area (Å²) in [5, 5.41) is 0.491. The molecule has 0 bridgehead atoms. The van der Waals surface area contributed by atoms with Crippen LogP contribution in [0.1, 0.15) is 67.2 Å². The van der Waals surface area contributed by atoms with Crippen LogP contribution < -0.4 is 0 Å². The third-order valence-corrected chi connectivity index (χ3v) is 17.8. The van der Waals surface area contributed by atoms with Gasteiger partial charge in [-0.05, 0) is 84.7 Å². The second-order valence-electron chi connectivity index (χ2n) is 13.9. The van der Waals surface area contributed by atoms with Crippen molar-refractivity contribution in [1.82, 2.24) is 0 Å². The molecular formula is C27H54O2Si3. The monoisotopic (exact) mass is 494 g/mol. The van der Waals surface area contributed by atoms with Crippen LogP contribution in [0.3, 0.4) is 0 Å². The first-order chi connectivity index (χ1) is 14.2. The van der Waals surface area contributed by atoms with Gasteiger partial charge in [0.1, 0.15) is 0 Å². The van der Waals surface area contributed by atoms with Gasteiger partial charge in [-0.1, -0.05) is 73.5 Å². The minimum Gasteiger partial charge on any atom is -0.417 e. The van der Waals surface area contributed by atoms with E-state index < -0.39 is 24.7 Å². The maximum atomic E-state index is 6.80. The molecule has 1 aliphatic rings. The number of hydrogen-bond acceptors (Lipinski definition) is 2. The maximum Gasteiger partial charge on any atom is 0.192 e. The van der Waals surface area contributed by atoms with E-state index in [4.69, 9.17) is 8.85 Å². The number of hydrogen-bond donors (Lipinski definition) is 0. The quantitative estimate of drug-likeness (QED) is 0.235. The summed E-state index contributed by atoms with van der Waals surface area (Å²) in [5.41, 5.74) is 6.72. The van der Waals surface area contributed by atoms with Crippen molar-refractivity contribution in [3.8, 4) is 0 Å². The van der Waals surface area contributed by atoms with E-state index in [0.717, 1.165) is 32.3 Å². The fourth-order valence-corrected chi connectivity index (χ4v) is 7.17. The zero-order chi connectivity index (χ0) is 25.2.